The molecule has 3 aromatic carbocycles. The van der Waals surface area contributed by atoms with Crippen molar-refractivity contribution in [3.63, 3.8) is 0 Å². The van der Waals surface area contributed by atoms with Crippen molar-refractivity contribution < 1.29 is 9.59 Å². The van der Waals surface area contributed by atoms with Gasteiger partial charge in [0.1, 0.15) is 0 Å². The van der Waals surface area contributed by atoms with Crippen molar-refractivity contribution in [2.75, 3.05) is 37.4 Å². The molecule has 1 heterocycles. The Kier molecular flexibility index (Phi) is 6.00. The van der Waals surface area contributed by atoms with E-state index in [0.717, 1.165) is 35.5 Å². The van der Waals surface area contributed by atoms with Crippen molar-refractivity contribution in [3.8, 4) is 11.1 Å². The molecular formula is C25H26N4O2. The average molecular weight is 415 g/mol. The fourth-order valence-electron chi connectivity index (χ4n) is 3.81. The van der Waals surface area contributed by atoms with Gasteiger partial charge in [0, 0.05) is 37.9 Å². The lowest BCUT2D eigenvalue weighted by molar-refractivity contribution is 0.0966. The van der Waals surface area contributed by atoms with Gasteiger partial charge < -0.3 is 20.9 Å². The maximum Gasteiger partial charge on any atom is 0.255 e. The standard InChI is InChI=1S/C25H26N4O2/c1-26-14-15-29(2)19-10-8-18(9-11-19)24(30)28-22-13-12-20(17-6-4-3-5-7-17)21-16-27-25(31)23(21)22/h3-13,26H,14-16H2,1-2H3,(H,27,31)(H,28,30). The molecule has 0 aliphatic carbocycles. The minimum absolute atomic E-state index is 0.162. The van der Waals surface area contributed by atoms with Crippen LogP contribution in [-0.2, 0) is 6.54 Å². The second-order valence-corrected chi connectivity index (χ2v) is 7.59. The van der Waals surface area contributed by atoms with Crippen LogP contribution in [0.1, 0.15) is 26.3 Å². The number of carbonyl (C=O) groups is 2. The van der Waals surface area contributed by atoms with Crippen LogP contribution in [0.2, 0.25) is 0 Å². The van der Waals surface area contributed by atoms with E-state index in [2.05, 4.69) is 20.9 Å². The van der Waals surface area contributed by atoms with E-state index < -0.39 is 0 Å². The maximum absolute atomic E-state index is 12.9. The van der Waals surface area contributed by atoms with Gasteiger partial charge in [-0.2, -0.15) is 0 Å². The molecule has 3 aromatic rings. The summed E-state index contributed by atoms with van der Waals surface area (Å²) in [4.78, 5) is 27.5. The lowest BCUT2D eigenvalue weighted by atomic mass is 9.95. The number of fused-ring (bicyclic) bond motifs is 1. The molecule has 31 heavy (non-hydrogen) atoms. The molecule has 6 heteroatoms. The summed E-state index contributed by atoms with van der Waals surface area (Å²) in [7, 11) is 3.94. The minimum atomic E-state index is -0.237. The fourth-order valence-corrected chi connectivity index (χ4v) is 3.81. The molecule has 2 amide bonds. The monoisotopic (exact) mass is 414 g/mol. The van der Waals surface area contributed by atoms with Crippen LogP contribution in [0.3, 0.4) is 0 Å². The summed E-state index contributed by atoms with van der Waals surface area (Å²) >= 11 is 0. The minimum Gasteiger partial charge on any atom is -0.373 e. The van der Waals surface area contributed by atoms with Crippen LogP contribution < -0.4 is 20.9 Å². The van der Waals surface area contributed by atoms with Gasteiger partial charge in [-0.3, -0.25) is 9.59 Å². The van der Waals surface area contributed by atoms with Crippen molar-refractivity contribution >= 4 is 23.2 Å². The first-order valence-corrected chi connectivity index (χ1v) is 10.3. The first-order valence-electron chi connectivity index (χ1n) is 10.3. The SMILES string of the molecule is CNCCN(C)c1ccc(C(=O)Nc2ccc(-c3ccccc3)c3c2C(=O)NC3)cc1. The topological polar surface area (TPSA) is 73.5 Å². The lowest BCUT2D eigenvalue weighted by Crippen LogP contribution is -2.27. The van der Waals surface area contributed by atoms with Gasteiger partial charge in [0.05, 0.1) is 11.3 Å². The van der Waals surface area contributed by atoms with Gasteiger partial charge in [0.25, 0.3) is 11.8 Å². The number of nitrogens with zero attached hydrogens (tertiary/aromatic N) is 1. The maximum atomic E-state index is 12.9. The molecule has 1 aliphatic heterocycles. The van der Waals surface area contributed by atoms with Crippen molar-refractivity contribution in [3.05, 3.63) is 83.4 Å². The molecule has 6 nitrogen and oxygen atoms in total. The molecule has 0 atom stereocenters. The molecular weight excluding hydrogens is 388 g/mol. The zero-order valence-electron chi connectivity index (χ0n) is 17.7. The van der Waals surface area contributed by atoms with Gasteiger partial charge in [0.2, 0.25) is 0 Å². The van der Waals surface area contributed by atoms with Gasteiger partial charge in [-0.1, -0.05) is 36.4 Å². The highest BCUT2D eigenvalue weighted by Gasteiger charge is 2.26. The first kappa shape index (κ1) is 20.6. The van der Waals surface area contributed by atoms with Crippen LogP contribution in [-0.4, -0.2) is 39.0 Å². The molecule has 0 saturated heterocycles. The third-order valence-corrected chi connectivity index (χ3v) is 5.57. The van der Waals surface area contributed by atoms with Crippen LogP contribution in [0.15, 0.2) is 66.7 Å². The van der Waals surface area contributed by atoms with Crippen molar-refractivity contribution in [2.24, 2.45) is 0 Å². The molecule has 0 radical (unpaired) electrons. The number of anilines is 2. The summed E-state index contributed by atoms with van der Waals surface area (Å²) in [6, 6.07) is 21.2. The largest absolute Gasteiger partial charge is 0.373 e. The van der Waals surface area contributed by atoms with Crippen molar-refractivity contribution in [1.29, 1.82) is 0 Å². The average Bonchev–Trinajstić information content (AvgIpc) is 3.20. The van der Waals surface area contributed by atoms with E-state index in [1.807, 2.05) is 68.7 Å². The van der Waals surface area contributed by atoms with Crippen LogP contribution >= 0.6 is 0 Å². The third kappa shape index (κ3) is 4.29. The Labute approximate surface area is 182 Å². The highest BCUT2D eigenvalue weighted by Crippen LogP contribution is 2.34. The van der Waals surface area contributed by atoms with E-state index in [4.69, 9.17) is 0 Å². The molecule has 4 rings (SSSR count). The van der Waals surface area contributed by atoms with Gasteiger partial charge in [-0.05, 0) is 54.1 Å². The Balaban J connectivity index is 1.56. The number of hydrogen-bond acceptors (Lipinski definition) is 4. The number of amides is 2. The summed E-state index contributed by atoms with van der Waals surface area (Å²) in [6.45, 7) is 2.21. The van der Waals surface area contributed by atoms with E-state index in [1.165, 1.54) is 0 Å². The highest BCUT2D eigenvalue weighted by molar-refractivity contribution is 6.11. The third-order valence-electron chi connectivity index (χ3n) is 5.57. The Morgan fingerprint density at radius 2 is 1.77 bits per heavy atom. The number of carbonyl (C=O) groups excluding carboxylic acids is 2. The van der Waals surface area contributed by atoms with E-state index in [9.17, 15) is 9.59 Å². The number of nitrogens with one attached hydrogen (secondary N) is 3. The normalized spacial score (nSPS) is 12.3. The van der Waals surface area contributed by atoms with Crippen LogP contribution in [0.4, 0.5) is 11.4 Å². The molecule has 0 aromatic heterocycles. The quantitative estimate of drug-likeness (QED) is 0.553. The Bertz CT molecular complexity index is 1090. The van der Waals surface area contributed by atoms with E-state index in [-0.39, 0.29) is 11.8 Å². The summed E-state index contributed by atoms with van der Waals surface area (Å²) < 4.78 is 0. The Hall–Kier alpha value is -3.64. The van der Waals surface area contributed by atoms with Crippen molar-refractivity contribution in [2.45, 2.75) is 6.54 Å². The van der Waals surface area contributed by atoms with Gasteiger partial charge in [0.15, 0.2) is 0 Å². The predicted molar refractivity (Wildman–Crippen MR) is 125 cm³/mol. The molecule has 0 spiro atoms. The van der Waals surface area contributed by atoms with Crippen LogP contribution in [0, 0.1) is 0 Å². The molecule has 0 saturated carbocycles. The molecule has 1 aliphatic rings. The summed E-state index contributed by atoms with van der Waals surface area (Å²) in [5.74, 6) is -0.400. The summed E-state index contributed by atoms with van der Waals surface area (Å²) in [5, 5.41) is 8.94. The molecule has 158 valence electrons. The Morgan fingerprint density at radius 1 is 1.03 bits per heavy atom. The molecule has 0 bridgehead atoms. The smallest absolute Gasteiger partial charge is 0.255 e. The molecule has 0 fully saturated rings. The number of rotatable bonds is 7. The van der Waals surface area contributed by atoms with Crippen LogP contribution in [0.25, 0.3) is 11.1 Å². The predicted octanol–water partition coefficient (Wildman–Crippen LogP) is 3.50. The second-order valence-electron chi connectivity index (χ2n) is 7.59. The highest BCUT2D eigenvalue weighted by atomic mass is 16.2. The lowest BCUT2D eigenvalue weighted by Gasteiger charge is -2.19. The van der Waals surface area contributed by atoms with Crippen molar-refractivity contribution in [1.82, 2.24) is 10.6 Å². The van der Waals surface area contributed by atoms with Gasteiger partial charge in [-0.15, -0.1) is 0 Å². The second kappa shape index (κ2) is 9.02. The number of benzene rings is 3. The van der Waals surface area contributed by atoms with E-state index in [1.54, 1.807) is 12.1 Å². The van der Waals surface area contributed by atoms with Gasteiger partial charge in [-0.25, -0.2) is 0 Å². The first-order chi connectivity index (χ1) is 15.1. The zero-order valence-corrected chi connectivity index (χ0v) is 17.7. The summed E-state index contributed by atoms with van der Waals surface area (Å²) in [6.07, 6.45) is 0. The number of hydrogen-bond donors (Lipinski definition) is 3. The van der Waals surface area contributed by atoms with E-state index in [0.29, 0.717) is 23.4 Å². The van der Waals surface area contributed by atoms with Crippen LogP contribution in [0.5, 0.6) is 0 Å². The Morgan fingerprint density at radius 3 is 2.48 bits per heavy atom. The molecule has 0 unspecified atom stereocenters. The summed E-state index contributed by atoms with van der Waals surface area (Å²) in [5.41, 5.74) is 5.62. The van der Waals surface area contributed by atoms with Gasteiger partial charge >= 0.3 is 0 Å². The molecule has 3 N–H and O–H groups in total. The van der Waals surface area contributed by atoms with E-state index >= 15 is 0 Å². The fraction of sp³-hybridized carbons (Fsp3) is 0.200. The number of likely N-dealkylation sites (N-methyl/N-ethyl adjacent to an activating group) is 2. The zero-order chi connectivity index (χ0) is 21.8.